The number of amides is 1. The minimum atomic E-state index is -4.54. The number of carbonyl (C=O) groups excluding carboxylic acids is 2. The van der Waals surface area contributed by atoms with Crippen LogP contribution in [0.25, 0.3) is 0 Å². The topological polar surface area (TPSA) is 79.6 Å². The minimum absolute atomic E-state index is 0.00426. The van der Waals surface area contributed by atoms with Crippen molar-refractivity contribution in [3.63, 3.8) is 0 Å². The number of hydrogen-bond acceptors (Lipinski definition) is 5. The van der Waals surface area contributed by atoms with Crippen molar-refractivity contribution in [3.8, 4) is 23.3 Å². The molecule has 1 fully saturated rings. The van der Waals surface area contributed by atoms with E-state index in [0.29, 0.717) is 13.1 Å². The highest BCUT2D eigenvalue weighted by atomic mass is 35.5. The van der Waals surface area contributed by atoms with E-state index in [9.17, 15) is 28.0 Å². The van der Waals surface area contributed by atoms with Gasteiger partial charge in [0, 0.05) is 25.6 Å². The highest BCUT2D eigenvalue weighted by Gasteiger charge is 2.32. The quantitative estimate of drug-likeness (QED) is 0.409. The summed E-state index contributed by atoms with van der Waals surface area (Å²) in [4.78, 5) is 26.3. The van der Waals surface area contributed by atoms with Gasteiger partial charge in [-0.15, -0.1) is 0 Å². The number of nitriles is 1. The van der Waals surface area contributed by atoms with Crippen molar-refractivity contribution in [3.05, 3.63) is 52.0 Å². The molecule has 11 heteroatoms. The standard InChI is InChI=1S/C23H19Cl2F3N2O4/c24-17-5-4-15(34-20-6-3-14(11-18(20)25)23(26,27)28)12-21(17)33-10-7-19(31)16(13-29)22(32)30-8-1-2-9-30/h3-6,11-12,16H,1-2,7-10H2. The number of ketones is 1. The van der Waals surface area contributed by atoms with E-state index < -0.39 is 29.3 Å². The molecule has 1 atom stereocenters. The number of halogens is 5. The van der Waals surface area contributed by atoms with Crippen LogP contribution in [0.3, 0.4) is 0 Å². The van der Waals surface area contributed by atoms with Gasteiger partial charge in [0.15, 0.2) is 11.7 Å². The molecule has 1 amide bonds. The lowest BCUT2D eigenvalue weighted by Gasteiger charge is -2.18. The van der Waals surface area contributed by atoms with Crippen LogP contribution in [0.1, 0.15) is 24.8 Å². The maximum Gasteiger partial charge on any atom is 0.416 e. The molecule has 1 unspecified atom stereocenters. The Labute approximate surface area is 203 Å². The Kier molecular flexibility index (Phi) is 8.28. The molecule has 2 aromatic rings. The molecule has 0 N–H and O–H groups in total. The van der Waals surface area contributed by atoms with Crippen LogP contribution in [0.5, 0.6) is 17.2 Å². The number of alkyl halides is 3. The van der Waals surface area contributed by atoms with E-state index in [-0.39, 0.29) is 40.3 Å². The van der Waals surface area contributed by atoms with Crippen molar-refractivity contribution in [2.45, 2.75) is 25.4 Å². The minimum Gasteiger partial charge on any atom is -0.491 e. The predicted octanol–water partition coefficient (Wildman–Crippen LogP) is 5.90. The number of rotatable bonds is 8. The maximum atomic E-state index is 12.8. The second kappa shape index (κ2) is 11.0. The first-order valence-electron chi connectivity index (χ1n) is 10.3. The van der Waals surface area contributed by atoms with Crippen molar-refractivity contribution in [1.82, 2.24) is 4.90 Å². The Bertz CT molecular complexity index is 1110. The number of ether oxygens (including phenoxy) is 2. The van der Waals surface area contributed by atoms with Crippen molar-refractivity contribution >= 4 is 34.9 Å². The molecule has 0 aliphatic carbocycles. The molecule has 180 valence electrons. The molecule has 2 aromatic carbocycles. The van der Waals surface area contributed by atoms with Gasteiger partial charge in [-0.25, -0.2) is 0 Å². The molecular weight excluding hydrogens is 496 g/mol. The number of hydrogen-bond donors (Lipinski definition) is 0. The van der Waals surface area contributed by atoms with E-state index in [1.54, 1.807) is 6.07 Å². The molecule has 6 nitrogen and oxygen atoms in total. The first-order valence-corrected chi connectivity index (χ1v) is 11.0. The van der Waals surface area contributed by atoms with E-state index in [1.807, 2.05) is 0 Å². The SMILES string of the molecule is N#CC(C(=O)CCOc1cc(Oc2ccc(C(F)(F)F)cc2Cl)ccc1Cl)C(=O)N1CCCC1. The summed E-state index contributed by atoms with van der Waals surface area (Å²) >= 11 is 12.0. The predicted molar refractivity (Wildman–Crippen MR) is 118 cm³/mol. The van der Waals surface area contributed by atoms with Gasteiger partial charge in [-0.2, -0.15) is 18.4 Å². The number of carbonyl (C=O) groups is 2. The molecule has 0 radical (unpaired) electrons. The summed E-state index contributed by atoms with van der Waals surface area (Å²) in [7, 11) is 0. The van der Waals surface area contributed by atoms with Crippen LogP contribution in [0.15, 0.2) is 36.4 Å². The zero-order valence-corrected chi connectivity index (χ0v) is 19.2. The molecule has 1 aliphatic rings. The molecule has 3 rings (SSSR count). The lowest BCUT2D eigenvalue weighted by atomic mass is 10.0. The van der Waals surface area contributed by atoms with Crippen LogP contribution in [0.4, 0.5) is 13.2 Å². The Morgan fingerprint density at radius 1 is 1.06 bits per heavy atom. The van der Waals surface area contributed by atoms with Crippen molar-refractivity contribution in [1.29, 1.82) is 5.26 Å². The number of nitrogens with zero attached hydrogens (tertiary/aromatic N) is 2. The van der Waals surface area contributed by atoms with E-state index in [2.05, 4.69) is 0 Å². The Balaban J connectivity index is 1.61. The molecule has 1 heterocycles. The second-order valence-corrected chi connectivity index (χ2v) is 8.31. The monoisotopic (exact) mass is 514 g/mol. The highest BCUT2D eigenvalue weighted by Crippen LogP contribution is 2.38. The third-order valence-electron chi connectivity index (χ3n) is 5.11. The largest absolute Gasteiger partial charge is 0.491 e. The third-order valence-corrected chi connectivity index (χ3v) is 5.72. The number of likely N-dealkylation sites (tertiary alicyclic amines) is 1. The summed E-state index contributed by atoms with van der Waals surface area (Å²) in [5.41, 5.74) is -0.909. The van der Waals surface area contributed by atoms with Crippen LogP contribution >= 0.6 is 23.2 Å². The van der Waals surface area contributed by atoms with Crippen LogP contribution in [-0.4, -0.2) is 36.3 Å². The van der Waals surface area contributed by atoms with Crippen molar-refractivity contribution < 1.29 is 32.2 Å². The molecule has 0 spiro atoms. The summed E-state index contributed by atoms with van der Waals surface area (Å²) in [5.74, 6) is -2.10. The van der Waals surface area contributed by atoms with Gasteiger partial charge in [-0.3, -0.25) is 9.59 Å². The molecule has 0 bridgehead atoms. The first kappa shape index (κ1) is 25.7. The average molecular weight is 515 g/mol. The van der Waals surface area contributed by atoms with Gasteiger partial charge in [0.05, 0.1) is 28.3 Å². The van der Waals surface area contributed by atoms with E-state index in [1.165, 1.54) is 23.1 Å². The maximum absolute atomic E-state index is 12.8. The van der Waals surface area contributed by atoms with Crippen molar-refractivity contribution in [2.75, 3.05) is 19.7 Å². The van der Waals surface area contributed by atoms with Gasteiger partial charge in [-0.05, 0) is 43.2 Å². The second-order valence-electron chi connectivity index (χ2n) is 7.50. The number of Topliss-reactive ketones (excluding diaryl/α,β-unsaturated/α-hetero) is 1. The fraction of sp³-hybridized carbons (Fsp3) is 0.348. The normalized spacial score (nSPS) is 14.4. The van der Waals surface area contributed by atoms with E-state index in [0.717, 1.165) is 31.0 Å². The Hall–Kier alpha value is -2.96. The lowest BCUT2D eigenvalue weighted by molar-refractivity contribution is -0.139. The van der Waals surface area contributed by atoms with Crippen LogP contribution in [0, 0.1) is 17.2 Å². The summed E-state index contributed by atoms with van der Waals surface area (Å²) in [5, 5.41) is 9.24. The molecule has 0 saturated carbocycles. The lowest BCUT2D eigenvalue weighted by Crippen LogP contribution is -2.37. The van der Waals surface area contributed by atoms with Gasteiger partial charge in [-0.1, -0.05) is 23.2 Å². The zero-order chi connectivity index (χ0) is 24.9. The smallest absolute Gasteiger partial charge is 0.416 e. The molecule has 1 saturated heterocycles. The first-order chi connectivity index (χ1) is 16.1. The van der Waals surface area contributed by atoms with Crippen molar-refractivity contribution in [2.24, 2.45) is 5.92 Å². The van der Waals surface area contributed by atoms with E-state index in [4.69, 9.17) is 32.7 Å². The Morgan fingerprint density at radius 3 is 2.38 bits per heavy atom. The van der Waals surface area contributed by atoms with Gasteiger partial charge < -0.3 is 14.4 Å². The summed E-state index contributed by atoms with van der Waals surface area (Å²) < 4.78 is 49.5. The average Bonchev–Trinajstić information content (AvgIpc) is 3.32. The van der Waals surface area contributed by atoms with E-state index >= 15 is 0 Å². The summed E-state index contributed by atoms with van der Waals surface area (Å²) in [6.45, 7) is 0.923. The van der Waals surface area contributed by atoms with Gasteiger partial charge in [0.25, 0.3) is 0 Å². The van der Waals surface area contributed by atoms with Crippen LogP contribution in [-0.2, 0) is 15.8 Å². The van der Waals surface area contributed by atoms with Gasteiger partial charge in [0.2, 0.25) is 5.91 Å². The summed E-state index contributed by atoms with van der Waals surface area (Å²) in [6, 6.07) is 8.76. The number of benzene rings is 2. The van der Waals surface area contributed by atoms with Crippen LogP contribution in [0.2, 0.25) is 10.0 Å². The fourth-order valence-electron chi connectivity index (χ4n) is 3.34. The molecule has 34 heavy (non-hydrogen) atoms. The third kappa shape index (κ3) is 6.33. The van der Waals surface area contributed by atoms with Crippen LogP contribution < -0.4 is 9.47 Å². The fourth-order valence-corrected chi connectivity index (χ4v) is 3.73. The highest BCUT2D eigenvalue weighted by molar-refractivity contribution is 6.32. The Morgan fingerprint density at radius 2 is 1.76 bits per heavy atom. The molecule has 0 aromatic heterocycles. The van der Waals surface area contributed by atoms with Gasteiger partial charge in [0.1, 0.15) is 17.2 Å². The summed E-state index contributed by atoms with van der Waals surface area (Å²) in [6.07, 6.45) is -3.04. The molecular formula is C23H19Cl2F3N2O4. The zero-order valence-electron chi connectivity index (χ0n) is 17.7. The van der Waals surface area contributed by atoms with Gasteiger partial charge >= 0.3 is 6.18 Å². The molecule has 1 aliphatic heterocycles.